The fraction of sp³-hybridized carbons (Fsp3) is 0.136. The van der Waals surface area contributed by atoms with Crippen LogP contribution in [0.25, 0.3) is 0 Å². The van der Waals surface area contributed by atoms with Crippen LogP contribution in [0.2, 0.25) is 0 Å². The number of hydrogen-bond acceptors (Lipinski definition) is 4. The summed E-state index contributed by atoms with van der Waals surface area (Å²) in [5.74, 6) is -0.986. The van der Waals surface area contributed by atoms with Gasteiger partial charge in [-0.1, -0.05) is 18.2 Å². The molecule has 0 radical (unpaired) electrons. The lowest BCUT2D eigenvalue weighted by molar-refractivity contribution is -0.118. The molecular weight excluding hydrogens is 426 g/mol. The van der Waals surface area contributed by atoms with Gasteiger partial charge >= 0.3 is 0 Å². The SMILES string of the molecule is CS(=O)(=O)N(Cc1ccc(F)cc1)c1ccc(OCC(=O)Nc2cccc(F)c2)cc1. The Morgan fingerprint density at radius 3 is 2.26 bits per heavy atom. The van der Waals surface area contributed by atoms with Gasteiger partial charge in [0.2, 0.25) is 10.0 Å². The zero-order valence-electron chi connectivity index (χ0n) is 16.6. The largest absolute Gasteiger partial charge is 0.484 e. The van der Waals surface area contributed by atoms with Gasteiger partial charge in [0.05, 0.1) is 18.5 Å². The van der Waals surface area contributed by atoms with E-state index in [2.05, 4.69) is 5.32 Å². The molecule has 0 spiro atoms. The highest BCUT2D eigenvalue weighted by atomic mass is 32.2. The molecule has 0 aliphatic carbocycles. The van der Waals surface area contributed by atoms with Gasteiger partial charge in [0, 0.05) is 5.69 Å². The third-order valence-corrected chi connectivity index (χ3v) is 5.38. The molecule has 0 aliphatic heterocycles. The van der Waals surface area contributed by atoms with E-state index in [9.17, 15) is 22.0 Å². The van der Waals surface area contributed by atoms with Gasteiger partial charge in [-0.2, -0.15) is 0 Å². The van der Waals surface area contributed by atoms with Crippen molar-refractivity contribution in [3.63, 3.8) is 0 Å². The Labute approximate surface area is 179 Å². The molecule has 162 valence electrons. The van der Waals surface area contributed by atoms with Crippen LogP contribution in [0.5, 0.6) is 5.75 Å². The minimum Gasteiger partial charge on any atom is -0.484 e. The monoisotopic (exact) mass is 446 g/mol. The average molecular weight is 446 g/mol. The van der Waals surface area contributed by atoms with Gasteiger partial charge in [-0.15, -0.1) is 0 Å². The number of nitrogens with one attached hydrogen (secondary N) is 1. The lowest BCUT2D eigenvalue weighted by atomic mass is 10.2. The topological polar surface area (TPSA) is 75.7 Å². The van der Waals surface area contributed by atoms with E-state index in [1.807, 2.05) is 0 Å². The summed E-state index contributed by atoms with van der Waals surface area (Å²) in [5.41, 5.74) is 1.33. The predicted octanol–water partition coefficient (Wildman–Crippen LogP) is 3.95. The number of carbonyl (C=O) groups is 1. The van der Waals surface area contributed by atoms with E-state index in [0.29, 0.717) is 22.7 Å². The maximum atomic E-state index is 13.2. The number of rotatable bonds is 8. The molecule has 1 N–H and O–H groups in total. The van der Waals surface area contributed by atoms with Gasteiger partial charge < -0.3 is 10.1 Å². The Balaban J connectivity index is 1.64. The molecule has 0 heterocycles. The van der Waals surface area contributed by atoms with Crippen LogP contribution in [0.3, 0.4) is 0 Å². The van der Waals surface area contributed by atoms with Gasteiger partial charge in [0.1, 0.15) is 17.4 Å². The Hall–Kier alpha value is -3.46. The third-order valence-electron chi connectivity index (χ3n) is 4.24. The number of benzene rings is 3. The Morgan fingerprint density at radius 1 is 0.968 bits per heavy atom. The Kier molecular flexibility index (Phi) is 6.86. The third kappa shape index (κ3) is 6.51. The van der Waals surface area contributed by atoms with Crippen LogP contribution < -0.4 is 14.4 Å². The number of carbonyl (C=O) groups excluding carboxylic acids is 1. The summed E-state index contributed by atoms with van der Waals surface area (Å²) < 4.78 is 57.3. The average Bonchev–Trinajstić information content (AvgIpc) is 2.71. The van der Waals surface area contributed by atoms with Crippen LogP contribution >= 0.6 is 0 Å². The second-order valence-electron chi connectivity index (χ2n) is 6.74. The number of amides is 1. The zero-order valence-corrected chi connectivity index (χ0v) is 17.4. The molecule has 0 saturated carbocycles. The second-order valence-corrected chi connectivity index (χ2v) is 8.64. The maximum absolute atomic E-state index is 13.2. The zero-order chi connectivity index (χ0) is 22.4. The van der Waals surface area contributed by atoms with Gasteiger partial charge in [0.25, 0.3) is 5.91 Å². The molecule has 0 fully saturated rings. The predicted molar refractivity (Wildman–Crippen MR) is 114 cm³/mol. The Morgan fingerprint density at radius 2 is 1.65 bits per heavy atom. The summed E-state index contributed by atoms with van der Waals surface area (Å²) >= 11 is 0. The summed E-state index contributed by atoms with van der Waals surface area (Å²) in [4.78, 5) is 12.0. The first kappa shape index (κ1) is 22.2. The summed E-state index contributed by atoms with van der Waals surface area (Å²) in [6, 6.07) is 17.2. The van der Waals surface area contributed by atoms with E-state index in [1.54, 1.807) is 18.2 Å². The fourth-order valence-corrected chi connectivity index (χ4v) is 3.66. The molecule has 0 saturated heterocycles. The number of sulfonamides is 1. The van der Waals surface area contributed by atoms with Crippen molar-refractivity contribution in [2.45, 2.75) is 6.54 Å². The van der Waals surface area contributed by atoms with Crippen LogP contribution in [0.4, 0.5) is 20.2 Å². The van der Waals surface area contributed by atoms with Crippen LogP contribution in [0, 0.1) is 11.6 Å². The molecule has 3 rings (SSSR count). The molecule has 0 unspecified atom stereocenters. The van der Waals surface area contributed by atoms with E-state index >= 15 is 0 Å². The second kappa shape index (κ2) is 9.57. The number of halogens is 2. The fourth-order valence-electron chi connectivity index (χ4n) is 2.78. The van der Waals surface area contributed by atoms with E-state index in [0.717, 1.165) is 6.26 Å². The van der Waals surface area contributed by atoms with Gasteiger partial charge in [0.15, 0.2) is 6.61 Å². The minimum atomic E-state index is -3.60. The van der Waals surface area contributed by atoms with E-state index < -0.39 is 27.6 Å². The number of ether oxygens (including phenoxy) is 1. The highest BCUT2D eigenvalue weighted by Crippen LogP contribution is 2.24. The molecule has 6 nitrogen and oxygen atoms in total. The van der Waals surface area contributed by atoms with Crippen molar-refractivity contribution >= 4 is 27.3 Å². The molecule has 9 heteroatoms. The van der Waals surface area contributed by atoms with Crippen LogP contribution in [-0.2, 0) is 21.4 Å². The van der Waals surface area contributed by atoms with Crippen molar-refractivity contribution in [2.24, 2.45) is 0 Å². The first-order valence-electron chi connectivity index (χ1n) is 9.21. The van der Waals surface area contributed by atoms with Gasteiger partial charge in [-0.05, 0) is 60.2 Å². The number of nitrogens with zero attached hydrogens (tertiary/aromatic N) is 1. The van der Waals surface area contributed by atoms with Crippen molar-refractivity contribution < 1.29 is 26.7 Å². The molecule has 0 atom stereocenters. The van der Waals surface area contributed by atoms with Crippen LogP contribution in [0.15, 0.2) is 72.8 Å². The molecular formula is C22H20F2N2O4S. The first-order chi connectivity index (χ1) is 14.7. The van der Waals surface area contributed by atoms with Crippen molar-refractivity contribution in [1.29, 1.82) is 0 Å². The van der Waals surface area contributed by atoms with E-state index in [-0.39, 0.29) is 13.2 Å². The van der Waals surface area contributed by atoms with E-state index in [4.69, 9.17) is 4.74 Å². The van der Waals surface area contributed by atoms with Crippen molar-refractivity contribution in [2.75, 3.05) is 22.5 Å². The number of hydrogen-bond donors (Lipinski definition) is 1. The molecule has 0 aliphatic rings. The van der Waals surface area contributed by atoms with Crippen molar-refractivity contribution in [3.05, 3.63) is 90.0 Å². The molecule has 0 bridgehead atoms. The molecule has 3 aromatic rings. The van der Waals surface area contributed by atoms with Gasteiger partial charge in [-0.25, -0.2) is 17.2 Å². The van der Waals surface area contributed by atoms with Crippen molar-refractivity contribution in [3.8, 4) is 5.75 Å². The first-order valence-corrected chi connectivity index (χ1v) is 11.1. The molecule has 3 aromatic carbocycles. The van der Waals surface area contributed by atoms with Crippen molar-refractivity contribution in [1.82, 2.24) is 0 Å². The smallest absolute Gasteiger partial charge is 0.262 e. The summed E-state index contributed by atoms with van der Waals surface area (Å²) in [6.07, 6.45) is 1.08. The van der Waals surface area contributed by atoms with Crippen LogP contribution in [0.1, 0.15) is 5.56 Å². The van der Waals surface area contributed by atoms with E-state index in [1.165, 1.54) is 58.9 Å². The summed E-state index contributed by atoms with van der Waals surface area (Å²) in [7, 11) is -3.60. The Bertz CT molecular complexity index is 1150. The quantitative estimate of drug-likeness (QED) is 0.569. The molecule has 1 amide bonds. The summed E-state index contributed by atoms with van der Waals surface area (Å²) in [6.45, 7) is -0.267. The number of anilines is 2. The normalized spacial score (nSPS) is 11.1. The maximum Gasteiger partial charge on any atom is 0.262 e. The lowest BCUT2D eigenvalue weighted by Gasteiger charge is -2.22. The summed E-state index contributed by atoms with van der Waals surface area (Å²) in [5, 5.41) is 2.52. The van der Waals surface area contributed by atoms with Crippen LogP contribution in [-0.4, -0.2) is 27.2 Å². The van der Waals surface area contributed by atoms with Gasteiger partial charge in [-0.3, -0.25) is 9.10 Å². The minimum absolute atomic E-state index is 0.0371. The standard InChI is InChI=1S/C22H20F2N2O4S/c1-31(28,29)26(14-16-5-7-17(23)8-6-16)20-9-11-21(12-10-20)30-15-22(27)25-19-4-2-3-18(24)13-19/h2-13H,14-15H2,1H3,(H,25,27). The molecule has 31 heavy (non-hydrogen) atoms. The lowest BCUT2D eigenvalue weighted by Crippen LogP contribution is -2.29. The highest BCUT2D eigenvalue weighted by Gasteiger charge is 2.18. The molecule has 0 aromatic heterocycles. The highest BCUT2D eigenvalue weighted by molar-refractivity contribution is 7.92.